The fourth-order valence-corrected chi connectivity index (χ4v) is 4.40. The van der Waals surface area contributed by atoms with Gasteiger partial charge in [-0.2, -0.15) is 0 Å². The molecule has 0 unspecified atom stereocenters. The SMILES string of the molecule is O=C(NS(=O)(=O)c1ccccc1)c1ccc(S(=O)(=O)Nc2ccccc2)cc1. The van der Waals surface area contributed by atoms with E-state index >= 15 is 0 Å². The molecule has 0 atom stereocenters. The Hall–Kier alpha value is -3.17. The molecule has 0 spiro atoms. The van der Waals surface area contributed by atoms with E-state index in [-0.39, 0.29) is 15.4 Å². The lowest BCUT2D eigenvalue weighted by Gasteiger charge is -2.09. The zero-order valence-electron chi connectivity index (χ0n) is 14.4. The highest BCUT2D eigenvalue weighted by molar-refractivity contribution is 7.92. The molecule has 0 aliphatic rings. The summed E-state index contributed by atoms with van der Waals surface area (Å²) in [6.07, 6.45) is 0. The van der Waals surface area contributed by atoms with E-state index in [4.69, 9.17) is 0 Å². The van der Waals surface area contributed by atoms with Crippen molar-refractivity contribution >= 4 is 31.6 Å². The summed E-state index contributed by atoms with van der Waals surface area (Å²) < 4.78 is 53.6. The van der Waals surface area contributed by atoms with Crippen molar-refractivity contribution in [1.29, 1.82) is 0 Å². The summed E-state index contributed by atoms with van der Waals surface area (Å²) in [6, 6.07) is 20.8. The van der Waals surface area contributed by atoms with Crippen molar-refractivity contribution < 1.29 is 21.6 Å². The molecule has 3 aromatic rings. The summed E-state index contributed by atoms with van der Waals surface area (Å²) in [4.78, 5) is 12.1. The van der Waals surface area contributed by atoms with Gasteiger partial charge in [-0.05, 0) is 48.5 Å². The molecule has 0 fully saturated rings. The van der Waals surface area contributed by atoms with Gasteiger partial charge < -0.3 is 0 Å². The van der Waals surface area contributed by atoms with Crippen LogP contribution in [0.5, 0.6) is 0 Å². The van der Waals surface area contributed by atoms with Gasteiger partial charge in [-0.15, -0.1) is 0 Å². The fourth-order valence-electron chi connectivity index (χ4n) is 2.35. The topological polar surface area (TPSA) is 109 Å². The van der Waals surface area contributed by atoms with E-state index in [9.17, 15) is 21.6 Å². The van der Waals surface area contributed by atoms with E-state index in [0.717, 1.165) is 0 Å². The van der Waals surface area contributed by atoms with Crippen LogP contribution in [0.4, 0.5) is 5.69 Å². The van der Waals surface area contributed by atoms with Gasteiger partial charge in [0.1, 0.15) is 0 Å². The molecule has 0 saturated heterocycles. The lowest BCUT2D eigenvalue weighted by molar-refractivity contribution is 0.0981. The van der Waals surface area contributed by atoms with E-state index in [0.29, 0.717) is 5.69 Å². The molecule has 28 heavy (non-hydrogen) atoms. The van der Waals surface area contributed by atoms with Gasteiger partial charge in [0.25, 0.3) is 26.0 Å². The Morgan fingerprint density at radius 1 is 0.607 bits per heavy atom. The number of rotatable bonds is 6. The summed E-state index contributed by atoms with van der Waals surface area (Å²) in [6.45, 7) is 0. The lowest BCUT2D eigenvalue weighted by atomic mass is 10.2. The number of carbonyl (C=O) groups excluding carboxylic acids is 1. The zero-order chi connectivity index (χ0) is 20.2. The van der Waals surface area contributed by atoms with Crippen LogP contribution in [0.2, 0.25) is 0 Å². The van der Waals surface area contributed by atoms with Crippen LogP contribution < -0.4 is 9.44 Å². The molecule has 0 aromatic heterocycles. The number of amides is 1. The molecule has 7 nitrogen and oxygen atoms in total. The predicted octanol–water partition coefficient (Wildman–Crippen LogP) is 2.61. The number of benzene rings is 3. The predicted molar refractivity (Wildman–Crippen MR) is 105 cm³/mol. The highest BCUT2D eigenvalue weighted by atomic mass is 32.2. The summed E-state index contributed by atoms with van der Waals surface area (Å²) in [5.74, 6) is -0.858. The lowest BCUT2D eigenvalue weighted by Crippen LogP contribution is -2.30. The number of sulfonamides is 2. The van der Waals surface area contributed by atoms with Crippen LogP contribution in [0.1, 0.15) is 10.4 Å². The fraction of sp³-hybridized carbons (Fsp3) is 0. The Morgan fingerprint density at radius 2 is 1.11 bits per heavy atom. The third-order valence-corrected chi connectivity index (χ3v) is 6.48. The molecule has 0 aliphatic heterocycles. The van der Waals surface area contributed by atoms with Gasteiger partial charge in [0, 0.05) is 11.3 Å². The van der Waals surface area contributed by atoms with Gasteiger partial charge in [-0.1, -0.05) is 36.4 Å². The molecule has 0 aliphatic carbocycles. The highest BCUT2D eigenvalue weighted by Gasteiger charge is 2.19. The molecule has 3 aromatic carbocycles. The van der Waals surface area contributed by atoms with E-state index in [1.807, 2.05) is 4.72 Å². The van der Waals surface area contributed by atoms with Gasteiger partial charge >= 0.3 is 0 Å². The first-order valence-corrected chi connectivity index (χ1v) is 11.0. The summed E-state index contributed by atoms with van der Waals surface area (Å²) in [7, 11) is -7.85. The van der Waals surface area contributed by atoms with Crippen molar-refractivity contribution in [2.24, 2.45) is 0 Å². The first-order valence-electron chi connectivity index (χ1n) is 8.08. The number of nitrogens with one attached hydrogen (secondary N) is 2. The van der Waals surface area contributed by atoms with Crippen LogP contribution in [0, 0.1) is 0 Å². The van der Waals surface area contributed by atoms with E-state index in [1.165, 1.54) is 36.4 Å². The Morgan fingerprint density at radius 3 is 1.68 bits per heavy atom. The van der Waals surface area contributed by atoms with Gasteiger partial charge in [0.15, 0.2) is 0 Å². The van der Waals surface area contributed by atoms with Gasteiger partial charge in [0.2, 0.25) is 0 Å². The van der Waals surface area contributed by atoms with Gasteiger partial charge in [0.05, 0.1) is 9.79 Å². The highest BCUT2D eigenvalue weighted by Crippen LogP contribution is 2.17. The van der Waals surface area contributed by atoms with Crippen molar-refractivity contribution in [3.05, 3.63) is 90.5 Å². The minimum absolute atomic E-state index is 0.0122. The number of hydrogen-bond acceptors (Lipinski definition) is 5. The molecule has 0 bridgehead atoms. The van der Waals surface area contributed by atoms with Crippen LogP contribution >= 0.6 is 0 Å². The van der Waals surface area contributed by atoms with Crippen LogP contribution in [0.15, 0.2) is 94.7 Å². The summed E-state index contributed by atoms with van der Waals surface area (Å²) in [5.41, 5.74) is 0.413. The smallest absolute Gasteiger partial charge is 0.264 e. The quantitative estimate of drug-likeness (QED) is 0.642. The van der Waals surface area contributed by atoms with Gasteiger partial charge in [-0.25, -0.2) is 21.6 Å². The minimum Gasteiger partial charge on any atom is -0.280 e. The normalized spacial score (nSPS) is 11.6. The average molecular weight is 416 g/mol. The molecule has 0 heterocycles. The summed E-state index contributed by atoms with van der Waals surface area (Å²) in [5, 5.41) is 0. The molecule has 2 N–H and O–H groups in total. The summed E-state index contributed by atoms with van der Waals surface area (Å²) >= 11 is 0. The number of hydrogen-bond donors (Lipinski definition) is 2. The third kappa shape index (κ3) is 4.56. The van der Waals surface area contributed by atoms with Crippen LogP contribution in [0.3, 0.4) is 0 Å². The molecule has 0 saturated carbocycles. The van der Waals surface area contributed by atoms with Crippen LogP contribution in [-0.4, -0.2) is 22.7 Å². The maximum atomic E-state index is 12.4. The zero-order valence-corrected chi connectivity index (χ0v) is 16.1. The molecule has 1 amide bonds. The first-order chi connectivity index (χ1) is 13.3. The van der Waals surface area contributed by atoms with E-state index in [2.05, 4.69) is 4.72 Å². The molecular weight excluding hydrogens is 400 g/mol. The Kier molecular flexibility index (Phi) is 5.48. The third-order valence-electron chi connectivity index (χ3n) is 3.73. The maximum Gasteiger partial charge on any atom is 0.264 e. The van der Waals surface area contributed by atoms with Crippen LogP contribution in [-0.2, 0) is 20.0 Å². The Balaban J connectivity index is 1.76. The molecule has 9 heteroatoms. The van der Waals surface area contributed by atoms with Crippen molar-refractivity contribution in [2.45, 2.75) is 9.79 Å². The van der Waals surface area contributed by atoms with Crippen molar-refractivity contribution in [3.63, 3.8) is 0 Å². The number of anilines is 1. The van der Waals surface area contributed by atoms with E-state index in [1.54, 1.807) is 48.5 Å². The second-order valence-electron chi connectivity index (χ2n) is 5.74. The second-order valence-corrected chi connectivity index (χ2v) is 9.11. The second kappa shape index (κ2) is 7.83. The Bertz CT molecular complexity index is 1180. The van der Waals surface area contributed by atoms with Crippen LogP contribution in [0.25, 0.3) is 0 Å². The van der Waals surface area contributed by atoms with Gasteiger partial charge in [-0.3, -0.25) is 9.52 Å². The maximum absolute atomic E-state index is 12.4. The van der Waals surface area contributed by atoms with Crippen molar-refractivity contribution in [2.75, 3.05) is 4.72 Å². The average Bonchev–Trinajstić information content (AvgIpc) is 2.69. The van der Waals surface area contributed by atoms with Crippen molar-refractivity contribution in [1.82, 2.24) is 4.72 Å². The standard InChI is InChI=1S/C19H16N2O5S2/c22-19(21-28(25,26)17-9-5-2-6-10-17)15-11-13-18(14-12-15)27(23,24)20-16-7-3-1-4-8-16/h1-14,20H,(H,21,22). The minimum atomic E-state index is -4.02. The van der Waals surface area contributed by atoms with E-state index < -0.39 is 26.0 Å². The Labute approximate surface area is 163 Å². The molecular formula is C19H16N2O5S2. The first kappa shape index (κ1) is 19.6. The molecule has 144 valence electrons. The molecule has 0 radical (unpaired) electrons. The van der Waals surface area contributed by atoms with Crippen molar-refractivity contribution in [3.8, 4) is 0 Å². The monoisotopic (exact) mass is 416 g/mol. The number of para-hydroxylation sites is 1. The largest absolute Gasteiger partial charge is 0.280 e. The molecule has 3 rings (SSSR count). The number of carbonyl (C=O) groups is 1.